The van der Waals surface area contributed by atoms with E-state index in [1.165, 1.54) is 17.4 Å². The van der Waals surface area contributed by atoms with Crippen molar-refractivity contribution < 1.29 is 19.1 Å². The SMILES string of the molecule is Cc1cccc2sc(Nc3ccc(-c4ccc(C(=O)C5CCC[C@@]5(C)C(=O)O)cc4)cc3F)nc12. The van der Waals surface area contributed by atoms with Crippen LogP contribution in [0.3, 0.4) is 0 Å². The Labute approximate surface area is 206 Å². The molecule has 3 aromatic carbocycles. The molecular weight excluding hydrogens is 463 g/mol. The van der Waals surface area contributed by atoms with Gasteiger partial charge in [0.1, 0.15) is 5.82 Å². The summed E-state index contributed by atoms with van der Waals surface area (Å²) in [6.45, 7) is 3.66. The van der Waals surface area contributed by atoms with E-state index in [0.717, 1.165) is 27.8 Å². The van der Waals surface area contributed by atoms with Crippen molar-refractivity contribution in [1.29, 1.82) is 0 Å². The molecule has 5 rings (SSSR count). The van der Waals surface area contributed by atoms with E-state index in [1.54, 1.807) is 37.3 Å². The third-order valence-corrected chi connectivity index (χ3v) is 8.03. The van der Waals surface area contributed by atoms with Crippen LogP contribution in [0.4, 0.5) is 15.2 Å². The molecule has 35 heavy (non-hydrogen) atoms. The zero-order valence-corrected chi connectivity index (χ0v) is 20.3. The number of nitrogens with one attached hydrogen (secondary N) is 1. The lowest BCUT2D eigenvalue weighted by molar-refractivity contribution is -0.149. The standard InChI is InChI=1S/C28H25FN2O3S/c1-16-5-3-7-23-24(16)31-27(35-23)30-22-13-12-19(15-21(22)29)17-8-10-18(11-9-17)25(32)20-6-4-14-28(20,2)26(33)34/h3,5,7-13,15,20H,4,6,14H2,1-2H3,(H,30,31)(H,33,34)/t20?,28-/m1/s1. The highest BCUT2D eigenvalue weighted by molar-refractivity contribution is 7.22. The number of aliphatic carboxylic acids is 1. The number of carbonyl (C=O) groups excluding carboxylic acids is 1. The molecule has 4 aromatic rings. The Bertz CT molecular complexity index is 1450. The molecule has 0 spiro atoms. The number of carbonyl (C=O) groups is 2. The number of rotatable bonds is 6. The van der Waals surface area contributed by atoms with Gasteiger partial charge in [0.25, 0.3) is 0 Å². The quantitative estimate of drug-likeness (QED) is 0.280. The van der Waals surface area contributed by atoms with Crippen molar-refractivity contribution in [2.45, 2.75) is 33.1 Å². The van der Waals surface area contributed by atoms with Gasteiger partial charge in [-0.25, -0.2) is 9.37 Å². The van der Waals surface area contributed by atoms with E-state index >= 15 is 0 Å². The zero-order chi connectivity index (χ0) is 24.7. The molecule has 1 aromatic heterocycles. The van der Waals surface area contributed by atoms with Crippen molar-refractivity contribution in [1.82, 2.24) is 4.98 Å². The van der Waals surface area contributed by atoms with Crippen LogP contribution in [0.2, 0.25) is 0 Å². The van der Waals surface area contributed by atoms with E-state index < -0.39 is 23.1 Å². The Morgan fingerprint density at radius 2 is 1.86 bits per heavy atom. The second kappa shape index (κ2) is 8.89. The molecule has 2 N–H and O–H groups in total. The number of thiazole rings is 1. The number of ketones is 1. The van der Waals surface area contributed by atoms with Crippen LogP contribution in [0.15, 0.2) is 60.7 Å². The minimum absolute atomic E-state index is 0.143. The number of aromatic nitrogens is 1. The van der Waals surface area contributed by atoms with Crippen LogP contribution < -0.4 is 5.32 Å². The van der Waals surface area contributed by atoms with Crippen molar-refractivity contribution in [2.24, 2.45) is 11.3 Å². The molecular formula is C28H25FN2O3S. The lowest BCUT2D eigenvalue weighted by Gasteiger charge is -2.25. The number of halogens is 1. The highest BCUT2D eigenvalue weighted by Gasteiger charge is 2.48. The van der Waals surface area contributed by atoms with Gasteiger partial charge in [-0.2, -0.15) is 0 Å². The number of para-hydroxylation sites is 1. The minimum atomic E-state index is -1.02. The van der Waals surface area contributed by atoms with Crippen molar-refractivity contribution in [2.75, 3.05) is 5.32 Å². The molecule has 0 radical (unpaired) electrons. The van der Waals surface area contributed by atoms with E-state index in [0.29, 0.717) is 34.8 Å². The molecule has 0 amide bonds. The number of nitrogens with zero attached hydrogens (tertiary/aromatic N) is 1. The Morgan fingerprint density at radius 1 is 1.11 bits per heavy atom. The lowest BCUT2D eigenvalue weighted by Crippen LogP contribution is -2.36. The number of carboxylic acids is 1. The highest BCUT2D eigenvalue weighted by Crippen LogP contribution is 2.45. The first-order valence-corrected chi connectivity index (χ1v) is 12.4. The molecule has 5 nitrogen and oxygen atoms in total. The summed E-state index contributed by atoms with van der Waals surface area (Å²) < 4.78 is 16.0. The van der Waals surface area contributed by atoms with E-state index in [9.17, 15) is 19.1 Å². The Balaban J connectivity index is 1.34. The van der Waals surface area contributed by atoms with Gasteiger partial charge in [-0.3, -0.25) is 9.59 Å². The van der Waals surface area contributed by atoms with Gasteiger partial charge in [-0.15, -0.1) is 0 Å². The molecule has 1 unspecified atom stereocenters. The van der Waals surface area contributed by atoms with Gasteiger partial charge in [0.2, 0.25) is 0 Å². The molecule has 1 aliphatic carbocycles. The summed E-state index contributed by atoms with van der Waals surface area (Å²) >= 11 is 1.47. The largest absolute Gasteiger partial charge is 0.481 e. The maximum Gasteiger partial charge on any atom is 0.310 e. The first-order valence-electron chi connectivity index (χ1n) is 11.6. The Morgan fingerprint density at radius 3 is 2.54 bits per heavy atom. The zero-order valence-electron chi connectivity index (χ0n) is 19.5. The second-order valence-corrected chi connectivity index (χ2v) is 10.4. The van der Waals surface area contributed by atoms with Gasteiger partial charge in [0, 0.05) is 11.5 Å². The van der Waals surface area contributed by atoms with Crippen LogP contribution in [-0.4, -0.2) is 21.8 Å². The van der Waals surface area contributed by atoms with E-state index in [1.807, 2.05) is 31.2 Å². The number of carboxylic acid groups (broad SMARTS) is 1. The summed E-state index contributed by atoms with van der Waals surface area (Å²) in [5.74, 6) is -1.99. The normalized spacial score (nSPS) is 19.7. The predicted molar refractivity (Wildman–Crippen MR) is 137 cm³/mol. The van der Waals surface area contributed by atoms with Gasteiger partial charge in [-0.1, -0.05) is 60.2 Å². The van der Waals surface area contributed by atoms with Gasteiger partial charge in [0.15, 0.2) is 10.9 Å². The average molecular weight is 489 g/mol. The molecule has 2 atom stereocenters. The maximum atomic E-state index is 14.9. The molecule has 0 bridgehead atoms. The van der Waals surface area contributed by atoms with Crippen LogP contribution in [0, 0.1) is 24.1 Å². The highest BCUT2D eigenvalue weighted by atomic mass is 32.1. The van der Waals surface area contributed by atoms with Gasteiger partial charge >= 0.3 is 5.97 Å². The molecule has 7 heteroatoms. The molecule has 0 aliphatic heterocycles. The fourth-order valence-electron chi connectivity index (χ4n) is 4.92. The molecule has 178 valence electrons. The Hall–Kier alpha value is -3.58. The number of hydrogen-bond acceptors (Lipinski definition) is 5. The Kier molecular flexibility index (Phi) is 5.89. The summed E-state index contributed by atoms with van der Waals surface area (Å²) in [4.78, 5) is 29.4. The fourth-order valence-corrected chi connectivity index (χ4v) is 5.88. The number of aryl methyl sites for hydroxylation is 1. The van der Waals surface area contributed by atoms with Crippen molar-refractivity contribution >= 4 is 44.1 Å². The van der Waals surface area contributed by atoms with Crippen molar-refractivity contribution in [3.05, 3.63) is 77.6 Å². The number of benzene rings is 3. The van der Waals surface area contributed by atoms with Gasteiger partial charge in [0.05, 0.1) is 21.3 Å². The number of Topliss-reactive ketones (excluding diaryl/α,β-unsaturated/α-hetero) is 1. The van der Waals surface area contributed by atoms with E-state index in [4.69, 9.17) is 0 Å². The van der Waals surface area contributed by atoms with Crippen LogP contribution in [-0.2, 0) is 4.79 Å². The van der Waals surface area contributed by atoms with Gasteiger partial charge in [-0.05, 0) is 61.6 Å². The summed E-state index contributed by atoms with van der Waals surface area (Å²) in [7, 11) is 0. The molecule has 1 saturated carbocycles. The smallest absolute Gasteiger partial charge is 0.310 e. The van der Waals surface area contributed by atoms with Crippen molar-refractivity contribution in [3.8, 4) is 11.1 Å². The molecule has 1 heterocycles. The maximum absolute atomic E-state index is 14.9. The lowest BCUT2D eigenvalue weighted by atomic mass is 9.76. The second-order valence-electron chi connectivity index (χ2n) is 9.37. The first-order chi connectivity index (χ1) is 16.8. The average Bonchev–Trinajstić information content (AvgIpc) is 3.45. The number of anilines is 2. The van der Waals surface area contributed by atoms with Crippen LogP contribution in [0.25, 0.3) is 21.3 Å². The third-order valence-electron chi connectivity index (χ3n) is 7.10. The summed E-state index contributed by atoms with van der Waals surface area (Å²) in [5, 5.41) is 13.3. The summed E-state index contributed by atoms with van der Waals surface area (Å²) in [5.41, 5.74) is 3.24. The molecule has 1 fully saturated rings. The van der Waals surface area contributed by atoms with E-state index in [-0.39, 0.29) is 5.78 Å². The third kappa shape index (κ3) is 4.21. The summed E-state index contributed by atoms with van der Waals surface area (Å²) in [6.07, 6.45) is 1.82. The fraction of sp³-hybridized carbons (Fsp3) is 0.250. The molecule has 1 aliphatic rings. The van der Waals surface area contributed by atoms with Crippen LogP contribution in [0.1, 0.15) is 42.1 Å². The first kappa shape index (κ1) is 23.2. The van der Waals surface area contributed by atoms with Crippen molar-refractivity contribution in [3.63, 3.8) is 0 Å². The number of hydrogen-bond donors (Lipinski definition) is 2. The van der Waals surface area contributed by atoms with Crippen LogP contribution in [0.5, 0.6) is 0 Å². The van der Waals surface area contributed by atoms with Gasteiger partial charge < -0.3 is 10.4 Å². The minimum Gasteiger partial charge on any atom is -0.481 e. The van der Waals surface area contributed by atoms with Crippen LogP contribution >= 0.6 is 11.3 Å². The summed E-state index contributed by atoms with van der Waals surface area (Å²) in [6, 6.07) is 17.9. The van der Waals surface area contributed by atoms with E-state index in [2.05, 4.69) is 10.3 Å². The monoisotopic (exact) mass is 488 g/mol. The molecule has 0 saturated heterocycles. The predicted octanol–water partition coefficient (Wildman–Crippen LogP) is 7.23. The number of fused-ring (bicyclic) bond motifs is 1. The topological polar surface area (TPSA) is 79.3 Å².